The lowest BCUT2D eigenvalue weighted by atomic mass is 9.89. The van der Waals surface area contributed by atoms with Gasteiger partial charge >= 0.3 is 0 Å². The number of nitrogens with zero attached hydrogens (tertiary/aromatic N) is 1. The Bertz CT molecular complexity index is 798. The number of benzene rings is 1. The summed E-state index contributed by atoms with van der Waals surface area (Å²) in [5.74, 6) is -0.761. The molecule has 0 spiro atoms. The maximum absolute atomic E-state index is 12.6. The Kier molecular flexibility index (Phi) is 6.71. The van der Waals surface area contributed by atoms with Gasteiger partial charge in [-0.2, -0.15) is 0 Å². The molecule has 28 heavy (non-hydrogen) atoms. The van der Waals surface area contributed by atoms with Crippen molar-refractivity contribution in [1.29, 1.82) is 0 Å². The van der Waals surface area contributed by atoms with E-state index in [0.717, 1.165) is 12.8 Å². The molecule has 1 heterocycles. The van der Waals surface area contributed by atoms with Gasteiger partial charge in [0.2, 0.25) is 5.91 Å². The highest BCUT2D eigenvalue weighted by Gasteiger charge is 2.23. The van der Waals surface area contributed by atoms with Gasteiger partial charge < -0.3 is 25.4 Å². The third-order valence-corrected chi connectivity index (χ3v) is 5.22. The van der Waals surface area contributed by atoms with Crippen molar-refractivity contribution in [2.45, 2.75) is 38.1 Å². The molecule has 0 saturated heterocycles. The fourth-order valence-corrected chi connectivity index (χ4v) is 3.56. The van der Waals surface area contributed by atoms with Crippen molar-refractivity contribution in [3.8, 4) is 11.4 Å². The molecule has 1 aliphatic rings. The molecular weight excluding hydrogens is 358 g/mol. The van der Waals surface area contributed by atoms with Gasteiger partial charge in [0, 0.05) is 24.6 Å². The first-order valence-electron chi connectivity index (χ1n) is 9.74. The number of amides is 2. The van der Waals surface area contributed by atoms with E-state index in [9.17, 15) is 19.8 Å². The molecule has 4 N–H and O–H groups in total. The zero-order valence-corrected chi connectivity index (χ0v) is 15.8. The Labute approximate surface area is 164 Å². The number of carbonyl (C=O) groups is 2. The van der Waals surface area contributed by atoms with Crippen LogP contribution in [0.1, 0.15) is 42.5 Å². The summed E-state index contributed by atoms with van der Waals surface area (Å²) in [6.45, 7) is 0.0415. The molecule has 1 atom stereocenters. The van der Waals surface area contributed by atoms with Crippen LogP contribution in [0.5, 0.6) is 5.75 Å². The molecule has 0 unspecified atom stereocenters. The Morgan fingerprint density at radius 2 is 1.86 bits per heavy atom. The molecule has 1 aromatic carbocycles. The third-order valence-electron chi connectivity index (χ3n) is 5.22. The molecule has 3 rings (SSSR count). The Balaban J connectivity index is 1.63. The van der Waals surface area contributed by atoms with E-state index >= 15 is 0 Å². The minimum absolute atomic E-state index is 0.0460. The number of carbonyl (C=O) groups excluding carboxylic acids is 2. The molecule has 1 aromatic heterocycles. The molecule has 7 heteroatoms. The van der Waals surface area contributed by atoms with E-state index < -0.39 is 24.5 Å². The summed E-state index contributed by atoms with van der Waals surface area (Å²) < 4.78 is 1.80. The second-order valence-corrected chi connectivity index (χ2v) is 7.25. The largest absolute Gasteiger partial charge is 0.507 e. The Morgan fingerprint density at radius 1 is 1.14 bits per heavy atom. The monoisotopic (exact) mass is 385 g/mol. The fourth-order valence-electron chi connectivity index (χ4n) is 3.56. The predicted molar refractivity (Wildman–Crippen MR) is 105 cm³/mol. The first kappa shape index (κ1) is 19.9. The number of phenols is 1. The number of hydrogen-bond acceptors (Lipinski definition) is 4. The minimum Gasteiger partial charge on any atom is -0.507 e. The van der Waals surface area contributed by atoms with Gasteiger partial charge in [-0.3, -0.25) is 9.59 Å². The number of phenolic OH excluding ortho intramolecular Hbond substituents is 1. The summed E-state index contributed by atoms with van der Waals surface area (Å²) in [7, 11) is 0. The van der Waals surface area contributed by atoms with Crippen LogP contribution in [0.15, 0.2) is 42.7 Å². The molecule has 2 amide bonds. The van der Waals surface area contributed by atoms with E-state index in [1.807, 2.05) is 24.5 Å². The first-order valence-corrected chi connectivity index (χ1v) is 9.74. The highest BCUT2D eigenvalue weighted by atomic mass is 16.3. The summed E-state index contributed by atoms with van der Waals surface area (Å²) in [5, 5.41) is 25.0. The molecule has 0 radical (unpaired) electrons. The van der Waals surface area contributed by atoms with Crippen molar-refractivity contribution in [1.82, 2.24) is 15.2 Å². The van der Waals surface area contributed by atoms with Crippen molar-refractivity contribution in [2.75, 3.05) is 13.2 Å². The van der Waals surface area contributed by atoms with E-state index in [4.69, 9.17) is 0 Å². The third kappa shape index (κ3) is 4.92. The quantitative estimate of drug-likeness (QED) is 0.585. The van der Waals surface area contributed by atoms with Crippen LogP contribution in [0.2, 0.25) is 0 Å². The summed E-state index contributed by atoms with van der Waals surface area (Å²) in [5.41, 5.74) is 0.750. The summed E-state index contributed by atoms with van der Waals surface area (Å²) in [4.78, 5) is 25.0. The van der Waals surface area contributed by atoms with Gasteiger partial charge in [-0.1, -0.05) is 19.3 Å². The van der Waals surface area contributed by atoms with E-state index in [-0.39, 0.29) is 11.3 Å². The topological polar surface area (TPSA) is 104 Å². The van der Waals surface area contributed by atoms with E-state index in [1.54, 1.807) is 16.7 Å². The van der Waals surface area contributed by atoms with Gasteiger partial charge in [0.1, 0.15) is 11.8 Å². The van der Waals surface area contributed by atoms with Crippen molar-refractivity contribution >= 4 is 11.8 Å². The van der Waals surface area contributed by atoms with Crippen LogP contribution in [-0.2, 0) is 4.79 Å². The highest BCUT2D eigenvalue weighted by Crippen LogP contribution is 2.23. The van der Waals surface area contributed by atoms with Gasteiger partial charge in [-0.25, -0.2) is 0 Å². The molecule has 150 valence electrons. The normalized spacial score (nSPS) is 15.8. The fraction of sp³-hybridized carbons (Fsp3) is 0.429. The Morgan fingerprint density at radius 3 is 2.54 bits per heavy atom. The van der Waals surface area contributed by atoms with Crippen molar-refractivity contribution < 1.29 is 19.8 Å². The van der Waals surface area contributed by atoms with Gasteiger partial charge in [0.15, 0.2) is 0 Å². The maximum atomic E-state index is 12.6. The number of aliphatic hydroxyl groups excluding tert-OH is 1. The lowest BCUT2D eigenvalue weighted by molar-refractivity contribution is -0.124. The number of rotatable bonds is 7. The van der Waals surface area contributed by atoms with Gasteiger partial charge in [0.25, 0.3) is 5.91 Å². The van der Waals surface area contributed by atoms with Crippen LogP contribution in [-0.4, -0.2) is 45.8 Å². The molecule has 2 aromatic rings. The van der Waals surface area contributed by atoms with Crippen molar-refractivity contribution in [3.05, 3.63) is 48.3 Å². The summed E-state index contributed by atoms with van der Waals surface area (Å²) in [6, 6.07) is 7.30. The first-order chi connectivity index (χ1) is 13.6. The second-order valence-electron chi connectivity index (χ2n) is 7.25. The predicted octanol–water partition coefficient (Wildman–Crippen LogP) is 1.97. The number of aromatic hydroxyl groups is 1. The number of nitrogens with one attached hydrogen (secondary N) is 2. The Hall–Kier alpha value is -2.80. The summed E-state index contributed by atoms with van der Waals surface area (Å²) >= 11 is 0. The second kappa shape index (κ2) is 9.41. The zero-order valence-electron chi connectivity index (χ0n) is 15.8. The van der Waals surface area contributed by atoms with Crippen LogP contribution in [0, 0.1) is 5.92 Å². The molecule has 1 aliphatic carbocycles. The van der Waals surface area contributed by atoms with Crippen molar-refractivity contribution in [2.24, 2.45) is 5.92 Å². The average molecular weight is 385 g/mol. The molecule has 1 fully saturated rings. The molecule has 0 bridgehead atoms. The SMILES string of the molecule is O=C(N[C@@H](CO)C(=O)NCC1CCCCC1)c1cc(-n2cccc2)ccc1O. The standard InChI is InChI=1S/C21H27N3O4/c25-14-18(21(28)22-13-15-6-2-1-3-7-15)23-20(27)17-12-16(8-9-19(17)26)24-10-4-5-11-24/h4-5,8-12,15,18,25-26H,1-3,6-7,13-14H2,(H,22,28)(H,23,27)/t18-/m0/s1. The summed E-state index contributed by atoms with van der Waals surface area (Å²) in [6.07, 6.45) is 9.43. The number of aromatic nitrogens is 1. The maximum Gasteiger partial charge on any atom is 0.255 e. The number of aliphatic hydroxyl groups is 1. The van der Waals surface area contributed by atoms with Crippen LogP contribution in [0.3, 0.4) is 0 Å². The number of hydrogen-bond donors (Lipinski definition) is 4. The molecular formula is C21H27N3O4. The van der Waals surface area contributed by atoms with E-state index in [1.165, 1.54) is 25.3 Å². The van der Waals surface area contributed by atoms with E-state index in [0.29, 0.717) is 18.2 Å². The highest BCUT2D eigenvalue weighted by molar-refractivity contribution is 6.00. The van der Waals surface area contributed by atoms with Gasteiger partial charge in [-0.05, 0) is 49.1 Å². The van der Waals surface area contributed by atoms with Gasteiger partial charge in [0.05, 0.1) is 12.2 Å². The average Bonchev–Trinajstić information content (AvgIpc) is 3.26. The van der Waals surface area contributed by atoms with Crippen LogP contribution in [0.4, 0.5) is 0 Å². The van der Waals surface area contributed by atoms with Gasteiger partial charge in [-0.15, -0.1) is 0 Å². The van der Waals surface area contributed by atoms with E-state index in [2.05, 4.69) is 10.6 Å². The molecule has 0 aliphatic heterocycles. The van der Waals surface area contributed by atoms with Crippen molar-refractivity contribution in [3.63, 3.8) is 0 Å². The zero-order chi connectivity index (χ0) is 19.9. The lowest BCUT2D eigenvalue weighted by Crippen LogP contribution is -2.49. The molecule has 7 nitrogen and oxygen atoms in total. The smallest absolute Gasteiger partial charge is 0.255 e. The lowest BCUT2D eigenvalue weighted by Gasteiger charge is -2.23. The van der Waals surface area contributed by atoms with Crippen LogP contribution in [0.25, 0.3) is 5.69 Å². The minimum atomic E-state index is -1.06. The van der Waals surface area contributed by atoms with Crippen LogP contribution >= 0.6 is 0 Å². The molecule has 1 saturated carbocycles. The van der Waals surface area contributed by atoms with Crippen LogP contribution < -0.4 is 10.6 Å².